The summed E-state index contributed by atoms with van der Waals surface area (Å²) in [5.41, 5.74) is -0.456. The molecular weight excluding hydrogens is 260 g/mol. The van der Waals surface area contributed by atoms with Crippen LogP contribution < -0.4 is 0 Å². The van der Waals surface area contributed by atoms with Crippen LogP contribution in [0.1, 0.15) is 49.0 Å². The van der Waals surface area contributed by atoms with Gasteiger partial charge in [0.2, 0.25) is 0 Å². The van der Waals surface area contributed by atoms with Crippen LogP contribution in [0.2, 0.25) is 0 Å². The Hall–Kier alpha value is -1.85. The highest BCUT2D eigenvalue weighted by Crippen LogP contribution is 2.49. The van der Waals surface area contributed by atoms with Gasteiger partial charge in [0.25, 0.3) is 5.91 Å². The first kappa shape index (κ1) is 13.1. The van der Waals surface area contributed by atoms with Crippen LogP contribution in [0.3, 0.4) is 0 Å². The Morgan fingerprint density at radius 3 is 3.00 bits per heavy atom. The summed E-state index contributed by atoms with van der Waals surface area (Å²) in [4.78, 5) is 29.9. The lowest BCUT2D eigenvalue weighted by Crippen LogP contribution is -2.43. The molecule has 2 heterocycles. The van der Waals surface area contributed by atoms with E-state index in [1.807, 2.05) is 6.92 Å². The maximum atomic E-state index is 12.5. The van der Waals surface area contributed by atoms with Crippen LogP contribution >= 0.6 is 0 Å². The third-order valence-electron chi connectivity index (χ3n) is 4.67. The van der Waals surface area contributed by atoms with Crippen molar-refractivity contribution >= 4 is 11.9 Å². The van der Waals surface area contributed by atoms with E-state index in [1.54, 1.807) is 4.90 Å². The summed E-state index contributed by atoms with van der Waals surface area (Å²) < 4.78 is 5.20. The second-order valence-corrected chi connectivity index (χ2v) is 5.60. The first-order valence-corrected chi connectivity index (χ1v) is 7.07. The zero-order valence-corrected chi connectivity index (χ0v) is 11.5. The zero-order valence-electron chi connectivity index (χ0n) is 11.5. The van der Waals surface area contributed by atoms with Crippen LogP contribution in [-0.4, -0.2) is 39.5 Å². The van der Waals surface area contributed by atoms with Crippen LogP contribution in [0, 0.1) is 5.41 Å². The molecule has 6 nitrogen and oxygen atoms in total. The number of fused-ring (bicyclic) bond motifs is 1. The molecule has 2 aliphatic rings. The van der Waals surface area contributed by atoms with Crippen molar-refractivity contribution in [3.05, 3.63) is 17.8 Å². The molecule has 0 spiro atoms. The topological polar surface area (TPSA) is 83.6 Å². The van der Waals surface area contributed by atoms with Gasteiger partial charge in [0.05, 0.1) is 5.41 Å². The van der Waals surface area contributed by atoms with Crippen LogP contribution in [0.25, 0.3) is 0 Å². The summed E-state index contributed by atoms with van der Waals surface area (Å²) >= 11 is 0. The fraction of sp³-hybridized carbons (Fsp3) is 0.643. The van der Waals surface area contributed by atoms with Crippen molar-refractivity contribution in [3.63, 3.8) is 0 Å². The predicted octanol–water partition coefficient (Wildman–Crippen LogP) is 1.71. The lowest BCUT2D eigenvalue weighted by molar-refractivity contribution is -0.149. The van der Waals surface area contributed by atoms with Crippen molar-refractivity contribution in [1.82, 2.24) is 9.88 Å². The molecule has 1 aromatic rings. The molecule has 0 unspecified atom stereocenters. The highest BCUT2D eigenvalue weighted by atomic mass is 16.4. The minimum absolute atomic E-state index is 0.200. The Labute approximate surface area is 116 Å². The highest BCUT2D eigenvalue weighted by molar-refractivity contribution is 5.93. The number of hydrogen-bond donors (Lipinski definition) is 1. The van der Waals surface area contributed by atoms with E-state index in [0.717, 1.165) is 12.8 Å². The number of likely N-dealkylation sites (tertiary alicyclic amines) is 1. The molecule has 1 aliphatic heterocycles. The molecule has 1 saturated heterocycles. The van der Waals surface area contributed by atoms with Gasteiger partial charge in [-0.2, -0.15) is 0 Å². The van der Waals surface area contributed by atoms with E-state index in [1.165, 1.54) is 6.26 Å². The van der Waals surface area contributed by atoms with Crippen LogP contribution in [0.15, 0.2) is 10.7 Å². The summed E-state index contributed by atoms with van der Waals surface area (Å²) in [7, 11) is 0. The Morgan fingerprint density at radius 2 is 2.35 bits per heavy atom. The van der Waals surface area contributed by atoms with Gasteiger partial charge in [-0.25, -0.2) is 4.98 Å². The summed E-state index contributed by atoms with van der Waals surface area (Å²) in [6, 6.07) is -0.200. The van der Waals surface area contributed by atoms with E-state index >= 15 is 0 Å². The van der Waals surface area contributed by atoms with Crippen molar-refractivity contribution in [2.24, 2.45) is 5.41 Å². The fourth-order valence-electron chi connectivity index (χ4n) is 3.59. The molecule has 1 aromatic heterocycles. The molecule has 1 saturated carbocycles. The van der Waals surface area contributed by atoms with E-state index in [-0.39, 0.29) is 17.6 Å². The van der Waals surface area contributed by atoms with E-state index in [2.05, 4.69) is 4.98 Å². The van der Waals surface area contributed by atoms with Crippen LogP contribution in [0.4, 0.5) is 0 Å². The van der Waals surface area contributed by atoms with Gasteiger partial charge in [-0.15, -0.1) is 0 Å². The number of oxazole rings is 1. The minimum Gasteiger partial charge on any atom is -0.481 e. The third kappa shape index (κ3) is 1.74. The average molecular weight is 278 g/mol. The quantitative estimate of drug-likeness (QED) is 0.909. The van der Waals surface area contributed by atoms with Gasteiger partial charge in [-0.3, -0.25) is 9.59 Å². The number of carbonyl (C=O) groups is 2. The van der Waals surface area contributed by atoms with Crippen molar-refractivity contribution in [2.45, 2.75) is 45.1 Å². The zero-order chi connectivity index (χ0) is 14.3. The molecule has 3 rings (SSSR count). The van der Waals surface area contributed by atoms with Crippen molar-refractivity contribution in [3.8, 4) is 0 Å². The van der Waals surface area contributed by atoms with E-state index < -0.39 is 11.4 Å². The monoisotopic (exact) mass is 278 g/mol. The van der Waals surface area contributed by atoms with Gasteiger partial charge < -0.3 is 14.4 Å². The molecule has 0 radical (unpaired) electrons. The summed E-state index contributed by atoms with van der Waals surface area (Å²) in [5, 5.41) is 9.51. The summed E-state index contributed by atoms with van der Waals surface area (Å²) in [5.74, 6) is -0.448. The number of carboxylic acids is 1. The molecule has 2 atom stereocenters. The maximum absolute atomic E-state index is 12.5. The number of aliphatic carboxylic acids is 1. The number of aryl methyl sites for hydroxylation is 1. The van der Waals surface area contributed by atoms with Gasteiger partial charge in [0.1, 0.15) is 6.26 Å². The highest BCUT2D eigenvalue weighted by Gasteiger charge is 2.57. The van der Waals surface area contributed by atoms with Gasteiger partial charge in [-0.05, 0) is 19.3 Å². The molecular formula is C14H18N2O4. The van der Waals surface area contributed by atoms with Crippen molar-refractivity contribution in [2.75, 3.05) is 6.54 Å². The molecule has 6 heteroatoms. The average Bonchev–Trinajstić information content (AvgIpc) is 3.12. The van der Waals surface area contributed by atoms with Gasteiger partial charge in [0.15, 0.2) is 11.6 Å². The predicted molar refractivity (Wildman–Crippen MR) is 69.2 cm³/mol. The van der Waals surface area contributed by atoms with Gasteiger partial charge in [0, 0.05) is 19.0 Å². The van der Waals surface area contributed by atoms with Gasteiger partial charge in [-0.1, -0.05) is 13.3 Å². The van der Waals surface area contributed by atoms with Crippen LogP contribution in [0.5, 0.6) is 0 Å². The standard InChI is InChI=1S/C14H18N2O4/c1-2-11-15-9(8-20-11)12(17)16-7-6-14(13(18)19)5-3-4-10(14)16/h8,10H,2-7H2,1H3,(H,18,19)/t10-,14+/m0/s1. The number of carbonyl (C=O) groups excluding carboxylic acids is 1. The second-order valence-electron chi connectivity index (χ2n) is 5.60. The lowest BCUT2D eigenvalue weighted by atomic mass is 9.82. The van der Waals surface area contributed by atoms with E-state index in [0.29, 0.717) is 31.7 Å². The SMILES string of the molecule is CCc1nc(C(=O)N2CC[C@]3(C(=O)O)CCC[C@H]23)co1. The Bertz CT molecular complexity index is 553. The number of rotatable bonds is 3. The number of amides is 1. The molecule has 2 fully saturated rings. The molecule has 1 N–H and O–H groups in total. The molecule has 0 bridgehead atoms. The number of carboxylic acid groups (broad SMARTS) is 1. The lowest BCUT2D eigenvalue weighted by Gasteiger charge is -2.28. The first-order valence-electron chi connectivity index (χ1n) is 7.07. The summed E-state index contributed by atoms with van der Waals surface area (Å²) in [6.45, 7) is 2.40. The molecule has 108 valence electrons. The fourth-order valence-corrected chi connectivity index (χ4v) is 3.59. The molecule has 1 aliphatic carbocycles. The van der Waals surface area contributed by atoms with Gasteiger partial charge >= 0.3 is 5.97 Å². The molecule has 0 aromatic carbocycles. The Morgan fingerprint density at radius 1 is 1.55 bits per heavy atom. The normalized spacial score (nSPS) is 28.6. The number of nitrogens with zero attached hydrogens (tertiary/aromatic N) is 2. The Kier molecular flexibility index (Phi) is 3.03. The van der Waals surface area contributed by atoms with Crippen molar-refractivity contribution < 1.29 is 19.1 Å². The largest absolute Gasteiger partial charge is 0.481 e. The number of aromatic nitrogens is 1. The first-order chi connectivity index (χ1) is 9.58. The summed E-state index contributed by atoms with van der Waals surface area (Å²) in [6.07, 6.45) is 4.83. The van der Waals surface area contributed by atoms with Crippen molar-refractivity contribution in [1.29, 1.82) is 0 Å². The van der Waals surface area contributed by atoms with E-state index in [4.69, 9.17) is 4.42 Å². The van der Waals surface area contributed by atoms with Crippen LogP contribution in [-0.2, 0) is 11.2 Å². The number of hydrogen-bond acceptors (Lipinski definition) is 4. The molecule has 1 amide bonds. The minimum atomic E-state index is -0.773. The smallest absolute Gasteiger partial charge is 0.311 e. The second kappa shape index (κ2) is 4.61. The maximum Gasteiger partial charge on any atom is 0.311 e. The van der Waals surface area contributed by atoms with E-state index in [9.17, 15) is 14.7 Å². The molecule has 20 heavy (non-hydrogen) atoms. The Balaban J connectivity index is 1.85. The third-order valence-corrected chi connectivity index (χ3v) is 4.67.